The third-order valence-corrected chi connectivity index (χ3v) is 3.29. The molecule has 11 heavy (non-hydrogen) atoms. The van der Waals surface area contributed by atoms with E-state index in [9.17, 15) is 8.42 Å². The van der Waals surface area contributed by atoms with Crippen LogP contribution in [0.5, 0.6) is 0 Å². The van der Waals surface area contributed by atoms with Crippen molar-refractivity contribution in [3.8, 4) is 0 Å². The average Bonchev–Trinajstić information content (AvgIpc) is 1.85. The molecule has 0 radical (unpaired) electrons. The zero-order chi connectivity index (χ0) is 8.32. The van der Waals surface area contributed by atoms with Crippen molar-refractivity contribution >= 4 is 28.4 Å². The van der Waals surface area contributed by atoms with Crippen molar-refractivity contribution in [1.82, 2.24) is 4.72 Å². The predicted octanol–water partition coefficient (Wildman–Crippen LogP) is 1.59. The van der Waals surface area contributed by atoms with Gasteiger partial charge in [-0.25, -0.2) is 13.1 Å². The number of rotatable bonds is 2. The van der Waals surface area contributed by atoms with E-state index in [0.717, 1.165) is 25.7 Å². The minimum Gasteiger partial charge on any atom is -0.204 e. The molecule has 0 aromatic heterocycles. The molecule has 1 rings (SSSR count). The Bertz CT molecular complexity index is 209. The van der Waals surface area contributed by atoms with Gasteiger partial charge in [0.15, 0.2) is 0 Å². The zero-order valence-corrected chi connectivity index (χ0v) is 9.19. The summed E-state index contributed by atoms with van der Waals surface area (Å²) in [5, 5.41) is 0. The van der Waals surface area contributed by atoms with Crippen molar-refractivity contribution in [1.29, 1.82) is 0 Å². The van der Waals surface area contributed by atoms with Gasteiger partial charge >= 0.3 is 0 Å². The highest BCUT2D eigenvalue weighted by Crippen LogP contribution is 2.18. The Kier molecular flexibility index (Phi) is 3.57. The Hall–Kier alpha value is 0.640. The van der Waals surface area contributed by atoms with Crippen LogP contribution in [0.2, 0.25) is 0 Å². The molecule has 1 aliphatic rings. The lowest BCUT2D eigenvalue weighted by atomic mass is 9.96. The van der Waals surface area contributed by atoms with Crippen molar-refractivity contribution in [2.24, 2.45) is 0 Å². The lowest BCUT2D eigenvalue weighted by Gasteiger charge is -2.20. The molecule has 0 unspecified atom stereocenters. The second-order valence-electron chi connectivity index (χ2n) is 2.89. The van der Waals surface area contributed by atoms with E-state index in [1.54, 1.807) is 0 Å². The molecule has 0 heterocycles. The van der Waals surface area contributed by atoms with Crippen molar-refractivity contribution < 1.29 is 8.42 Å². The van der Waals surface area contributed by atoms with Gasteiger partial charge in [0, 0.05) is 6.04 Å². The highest BCUT2D eigenvalue weighted by Gasteiger charge is 2.17. The number of nitrogens with one attached hydrogen (secondary N) is 1. The number of hydrogen-bond donors (Lipinski definition) is 1. The van der Waals surface area contributed by atoms with E-state index >= 15 is 0 Å². The first kappa shape index (κ1) is 9.73. The van der Waals surface area contributed by atoms with E-state index in [0.29, 0.717) is 0 Å². The lowest BCUT2D eigenvalue weighted by Crippen LogP contribution is -2.32. The van der Waals surface area contributed by atoms with Crippen LogP contribution in [0.15, 0.2) is 0 Å². The normalized spacial score (nSPS) is 21.9. The SMILES string of the molecule is O=S(=O)(I)NC1CCCCC1. The van der Waals surface area contributed by atoms with Crippen molar-refractivity contribution in [2.45, 2.75) is 38.1 Å². The second kappa shape index (κ2) is 4.04. The smallest absolute Gasteiger partial charge is 0.204 e. The van der Waals surface area contributed by atoms with Gasteiger partial charge in [0.2, 0.25) is 0 Å². The monoisotopic (exact) mass is 289 g/mol. The molecule has 1 aliphatic carbocycles. The third-order valence-electron chi connectivity index (χ3n) is 1.91. The van der Waals surface area contributed by atoms with E-state index in [1.165, 1.54) is 27.6 Å². The summed E-state index contributed by atoms with van der Waals surface area (Å²) in [5.41, 5.74) is 0. The van der Waals surface area contributed by atoms with E-state index in [-0.39, 0.29) is 6.04 Å². The first-order chi connectivity index (χ1) is 5.08. The minimum atomic E-state index is -3.00. The van der Waals surface area contributed by atoms with Gasteiger partial charge in [-0.15, -0.1) is 0 Å². The van der Waals surface area contributed by atoms with Crippen LogP contribution >= 0.6 is 21.2 Å². The van der Waals surface area contributed by atoms with Gasteiger partial charge in [0.25, 0.3) is 7.19 Å². The third kappa shape index (κ3) is 4.27. The number of halogens is 1. The minimum absolute atomic E-state index is 0.200. The predicted molar refractivity (Wildman–Crippen MR) is 52.9 cm³/mol. The highest BCUT2D eigenvalue weighted by atomic mass is 127. The van der Waals surface area contributed by atoms with Crippen LogP contribution in [0.1, 0.15) is 32.1 Å². The van der Waals surface area contributed by atoms with Crippen LogP contribution in [0, 0.1) is 0 Å². The Morgan fingerprint density at radius 1 is 1.18 bits per heavy atom. The summed E-state index contributed by atoms with van der Waals surface area (Å²) in [6.45, 7) is 0. The molecule has 0 spiro atoms. The molecule has 1 saturated carbocycles. The summed E-state index contributed by atoms with van der Waals surface area (Å²) in [5.74, 6) is 0. The maximum Gasteiger partial charge on any atom is 0.265 e. The zero-order valence-electron chi connectivity index (χ0n) is 6.22. The molecule has 0 atom stereocenters. The first-order valence-corrected chi connectivity index (χ1v) is 7.82. The molecule has 0 aliphatic heterocycles. The van der Waals surface area contributed by atoms with E-state index < -0.39 is 7.19 Å². The highest BCUT2D eigenvalue weighted by molar-refractivity contribution is 14.2. The molecule has 1 N–H and O–H groups in total. The molecule has 0 amide bonds. The topological polar surface area (TPSA) is 46.2 Å². The maximum atomic E-state index is 10.8. The van der Waals surface area contributed by atoms with Gasteiger partial charge in [-0.05, 0) is 12.8 Å². The summed E-state index contributed by atoms with van der Waals surface area (Å²) < 4.78 is 24.2. The van der Waals surface area contributed by atoms with Crippen molar-refractivity contribution in [3.63, 3.8) is 0 Å². The molecule has 0 aromatic rings. The molecular weight excluding hydrogens is 277 g/mol. The summed E-state index contributed by atoms with van der Waals surface area (Å²) in [7, 11) is -3.00. The molecule has 0 aromatic carbocycles. The Morgan fingerprint density at radius 2 is 1.73 bits per heavy atom. The molecule has 3 nitrogen and oxygen atoms in total. The van der Waals surface area contributed by atoms with Crippen LogP contribution in [0.4, 0.5) is 0 Å². The molecule has 5 heteroatoms. The first-order valence-electron chi connectivity index (χ1n) is 3.80. The van der Waals surface area contributed by atoms with Gasteiger partial charge in [0.05, 0.1) is 21.2 Å². The van der Waals surface area contributed by atoms with Crippen molar-refractivity contribution in [3.05, 3.63) is 0 Å². The summed E-state index contributed by atoms with van der Waals surface area (Å²) in [6.07, 6.45) is 5.57. The Morgan fingerprint density at radius 3 is 2.18 bits per heavy atom. The van der Waals surface area contributed by atoms with Gasteiger partial charge in [-0.3, -0.25) is 0 Å². The fourth-order valence-electron chi connectivity index (χ4n) is 1.42. The average molecular weight is 289 g/mol. The van der Waals surface area contributed by atoms with E-state index in [4.69, 9.17) is 0 Å². The lowest BCUT2D eigenvalue weighted by molar-refractivity contribution is 0.415. The van der Waals surface area contributed by atoms with Gasteiger partial charge in [-0.2, -0.15) is 0 Å². The molecular formula is C6H12INO2S. The van der Waals surface area contributed by atoms with Gasteiger partial charge in [-0.1, -0.05) is 19.3 Å². The number of hydrogen-bond acceptors (Lipinski definition) is 2. The molecule has 0 bridgehead atoms. The molecule has 1 fully saturated rings. The van der Waals surface area contributed by atoms with E-state index in [2.05, 4.69) is 4.72 Å². The van der Waals surface area contributed by atoms with Gasteiger partial charge < -0.3 is 0 Å². The Labute approximate surface area is 79.6 Å². The second-order valence-corrected chi connectivity index (χ2v) is 7.48. The Balaban J connectivity index is 2.36. The summed E-state index contributed by atoms with van der Waals surface area (Å²) >= 11 is 1.44. The van der Waals surface area contributed by atoms with Crippen LogP contribution in [-0.4, -0.2) is 14.5 Å². The fourth-order valence-corrected chi connectivity index (χ4v) is 3.13. The fraction of sp³-hybridized carbons (Fsp3) is 1.00. The van der Waals surface area contributed by atoms with E-state index in [1.807, 2.05) is 0 Å². The van der Waals surface area contributed by atoms with Crippen LogP contribution in [-0.2, 0) is 7.19 Å². The van der Waals surface area contributed by atoms with Crippen molar-refractivity contribution in [2.75, 3.05) is 0 Å². The van der Waals surface area contributed by atoms with Crippen LogP contribution < -0.4 is 4.72 Å². The summed E-state index contributed by atoms with van der Waals surface area (Å²) in [6, 6.07) is 0.200. The van der Waals surface area contributed by atoms with Crippen LogP contribution in [0.3, 0.4) is 0 Å². The van der Waals surface area contributed by atoms with Crippen LogP contribution in [0.25, 0.3) is 0 Å². The standard InChI is InChI=1S/C6H12INO2S/c7-11(9,10)8-6-4-2-1-3-5-6/h6,8H,1-5H2. The molecule has 0 saturated heterocycles. The largest absolute Gasteiger partial charge is 0.265 e. The maximum absolute atomic E-state index is 10.8. The molecule has 66 valence electrons. The van der Waals surface area contributed by atoms with Gasteiger partial charge in [0.1, 0.15) is 0 Å². The quantitative estimate of drug-likeness (QED) is 0.620. The summed E-state index contributed by atoms with van der Waals surface area (Å²) in [4.78, 5) is 0.